The number of aliphatic hydroxyl groups excluding tert-OH is 4. The van der Waals surface area contributed by atoms with Crippen molar-refractivity contribution < 1.29 is 39.5 Å². The molecule has 0 saturated carbocycles. The highest BCUT2D eigenvalue weighted by Gasteiger charge is 2.44. The number of carbonyl (C=O) groups excluding carboxylic acids is 3. The molecule has 1 aliphatic rings. The van der Waals surface area contributed by atoms with Gasteiger partial charge in [0.2, 0.25) is 11.8 Å². The van der Waals surface area contributed by atoms with E-state index in [-0.39, 0.29) is 23.1 Å². The second kappa shape index (κ2) is 12.9. The van der Waals surface area contributed by atoms with Gasteiger partial charge in [0.25, 0.3) is 5.91 Å². The Morgan fingerprint density at radius 1 is 0.947 bits per heavy atom. The summed E-state index contributed by atoms with van der Waals surface area (Å²) >= 11 is 6.24. The first-order valence-corrected chi connectivity index (χ1v) is 14.3. The van der Waals surface area contributed by atoms with Gasteiger partial charge >= 0.3 is 0 Å². The maximum Gasteiger partial charge on any atom is 0.253 e. The molecule has 38 heavy (non-hydrogen) atoms. The fourth-order valence-electron chi connectivity index (χ4n) is 3.90. The Kier molecular flexibility index (Phi) is 10.6. The van der Waals surface area contributed by atoms with Gasteiger partial charge in [-0.15, -0.1) is 0 Å². The molecular weight excluding hydrogens is 829 g/mol. The lowest BCUT2D eigenvalue weighted by molar-refractivity contribution is -0.252. The number of aliphatic hydroxyl groups is 4. The van der Waals surface area contributed by atoms with Crippen LogP contribution in [0.5, 0.6) is 0 Å². The number of benzene rings is 2. The Morgan fingerprint density at radius 3 is 1.97 bits per heavy atom. The van der Waals surface area contributed by atoms with Gasteiger partial charge < -0.3 is 46.8 Å². The predicted molar refractivity (Wildman–Crippen MR) is 164 cm³/mol. The maximum absolute atomic E-state index is 13.0. The summed E-state index contributed by atoms with van der Waals surface area (Å²) in [6.45, 7) is 2.12. The summed E-state index contributed by atoms with van der Waals surface area (Å²) in [5.74, 6) is -1.32. The van der Waals surface area contributed by atoms with Crippen LogP contribution in [0, 0.1) is 10.7 Å². The van der Waals surface area contributed by atoms with Crippen molar-refractivity contribution in [2.24, 2.45) is 0 Å². The molecule has 0 aliphatic carbocycles. The van der Waals surface area contributed by atoms with Gasteiger partial charge in [-0.3, -0.25) is 14.4 Å². The van der Waals surface area contributed by atoms with E-state index in [4.69, 9.17) is 10.5 Å². The van der Waals surface area contributed by atoms with Gasteiger partial charge in [0.15, 0.2) is 6.29 Å². The topological polar surface area (TPSA) is 203 Å². The van der Waals surface area contributed by atoms with E-state index < -0.39 is 43.2 Å². The molecule has 0 radical (unpaired) electrons. The van der Waals surface area contributed by atoms with Crippen LogP contribution in [0.1, 0.15) is 24.2 Å². The highest BCUT2D eigenvalue weighted by atomic mass is 123. The van der Waals surface area contributed by atoms with Crippen LogP contribution < -0.4 is 21.7 Å². The minimum absolute atomic E-state index is 0.0339. The Labute approximate surface area is 258 Å². The smallest absolute Gasteiger partial charge is 0.253 e. The molecule has 12 nitrogen and oxygen atoms in total. The molecule has 2 aromatic rings. The molecule has 0 bridgehead atoms. The number of nitrogens with two attached hydrogens (primary N) is 1. The van der Waals surface area contributed by atoms with Crippen molar-refractivity contribution in [3.05, 3.63) is 34.5 Å². The summed E-state index contributed by atoms with van der Waals surface area (Å²) < 4.78 is 7.10. The normalized spacial score (nSPS) is 23.0. The van der Waals surface area contributed by atoms with Crippen molar-refractivity contribution >= 4 is 103 Å². The second-order valence-electron chi connectivity index (χ2n) is 8.46. The number of amides is 3. The summed E-state index contributed by atoms with van der Waals surface area (Å²) in [5.41, 5.74) is 8.63. The number of nitrogen functional groups attached to an aromatic ring is 1. The van der Waals surface area contributed by atoms with Gasteiger partial charge in [-0.25, -0.2) is 0 Å². The molecular formula is C23H25I3N4O8. The highest BCUT2D eigenvalue weighted by molar-refractivity contribution is 14.1. The second-order valence-corrected chi connectivity index (χ2v) is 11.7. The third-order valence-corrected chi connectivity index (χ3v) is 8.94. The van der Waals surface area contributed by atoms with Crippen molar-refractivity contribution in [2.45, 2.75) is 44.5 Å². The van der Waals surface area contributed by atoms with Gasteiger partial charge in [-0.1, -0.05) is 6.07 Å². The first kappa shape index (κ1) is 31.2. The quantitative estimate of drug-likeness (QED) is 0.155. The van der Waals surface area contributed by atoms with Gasteiger partial charge in [0.1, 0.15) is 24.4 Å². The zero-order valence-electron chi connectivity index (χ0n) is 20.0. The first-order valence-electron chi connectivity index (χ1n) is 11.0. The van der Waals surface area contributed by atoms with Crippen LogP contribution >= 0.6 is 67.8 Å². The minimum Gasteiger partial charge on any atom is -0.398 e. The van der Waals surface area contributed by atoms with Gasteiger partial charge in [0, 0.05) is 32.2 Å². The van der Waals surface area contributed by atoms with E-state index >= 15 is 0 Å². The molecule has 3 amide bonds. The van der Waals surface area contributed by atoms with Crippen LogP contribution in [0.2, 0.25) is 0 Å². The molecule has 1 saturated heterocycles. The summed E-state index contributed by atoms with van der Waals surface area (Å²) in [4.78, 5) is 36.7. The van der Waals surface area contributed by atoms with Crippen molar-refractivity contribution in [1.82, 2.24) is 5.32 Å². The SMILES string of the molecule is CC(=O)Nc1c([123I])c(NC(C)=O)c([123I])c(-c2ccc(C(=O)N[C@@H]3[C@@H](O)[C@H](O)[C@@H](CO)O[C@H]3O)c(N)c2)c1[123I]. The van der Waals surface area contributed by atoms with E-state index in [0.29, 0.717) is 33.2 Å². The van der Waals surface area contributed by atoms with E-state index in [2.05, 4.69) is 83.7 Å². The number of nitrogens with one attached hydrogen (secondary N) is 3. The number of halogens is 3. The lowest BCUT2D eigenvalue weighted by atomic mass is 9.96. The third-order valence-electron chi connectivity index (χ3n) is 5.70. The monoisotopic (exact) mass is 854 g/mol. The average Bonchev–Trinajstić information content (AvgIpc) is 2.84. The molecule has 0 spiro atoms. The first-order chi connectivity index (χ1) is 17.8. The summed E-state index contributed by atoms with van der Waals surface area (Å²) in [6, 6.07) is 3.26. The lowest BCUT2D eigenvalue weighted by Crippen LogP contribution is -2.64. The highest BCUT2D eigenvalue weighted by Crippen LogP contribution is 2.44. The molecule has 2 aromatic carbocycles. The number of carbonyl (C=O) groups is 3. The van der Waals surface area contributed by atoms with Crippen LogP contribution in [0.15, 0.2) is 18.2 Å². The zero-order valence-corrected chi connectivity index (χ0v) is 26.4. The predicted octanol–water partition coefficient (Wildman–Crippen LogP) is 1.20. The molecule has 5 atom stereocenters. The van der Waals surface area contributed by atoms with Crippen molar-refractivity contribution in [3.63, 3.8) is 0 Å². The molecule has 1 aliphatic heterocycles. The third kappa shape index (κ3) is 6.50. The van der Waals surface area contributed by atoms with E-state index in [1.807, 2.05) is 0 Å². The van der Waals surface area contributed by atoms with Crippen molar-refractivity contribution in [2.75, 3.05) is 23.0 Å². The zero-order chi connectivity index (χ0) is 28.5. The van der Waals surface area contributed by atoms with Crippen LogP contribution in [0.4, 0.5) is 17.1 Å². The summed E-state index contributed by atoms with van der Waals surface area (Å²) in [5, 5.41) is 47.8. The van der Waals surface area contributed by atoms with Crippen LogP contribution in [0.3, 0.4) is 0 Å². The van der Waals surface area contributed by atoms with Gasteiger partial charge in [-0.05, 0) is 85.5 Å². The average molecular weight is 854 g/mol. The van der Waals surface area contributed by atoms with E-state index in [1.165, 1.54) is 19.9 Å². The van der Waals surface area contributed by atoms with Crippen LogP contribution in [-0.4, -0.2) is 75.4 Å². The Balaban J connectivity index is 1.99. The molecule has 15 heteroatoms. The fourth-order valence-corrected chi connectivity index (χ4v) is 8.22. The molecule has 1 fully saturated rings. The molecule has 0 unspecified atom stereocenters. The van der Waals surface area contributed by atoms with E-state index in [1.54, 1.807) is 12.1 Å². The molecule has 0 aromatic heterocycles. The van der Waals surface area contributed by atoms with Gasteiger partial charge in [-0.2, -0.15) is 0 Å². The van der Waals surface area contributed by atoms with E-state index in [0.717, 1.165) is 0 Å². The number of hydrogen-bond donors (Lipinski definition) is 8. The number of ether oxygens (including phenoxy) is 1. The standard InChI is InChI=1S/C23H25I3N4O8/c1-7(32)28-17-14(24)13(15(25)18(16(17)26)29-8(2)33)9-3-4-10(11(27)5-9)22(36)30-19-21(35)20(34)12(6-31)38-23(19)37/h3-5,12,19-21,23,31,34-35,37H,6,27H2,1-2H3,(H,28,32)(H,29,33)(H,30,36)/t12-,19-,20-,21-,23-/m1/s1/i24-4,25-4,26-4. The lowest BCUT2D eigenvalue weighted by Gasteiger charge is -2.40. The van der Waals surface area contributed by atoms with Crippen LogP contribution in [-0.2, 0) is 14.3 Å². The van der Waals surface area contributed by atoms with Crippen molar-refractivity contribution in [1.29, 1.82) is 0 Å². The summed E-state index contributed by atoms with van der Waals surface area (Å²) in [6.07, 6.45) is -6.02. The molecule has 1 heterocycles. The molecule has 206 valence electrons. The Hall–Kier alpha value is -1.36. The number of hydrogen-bond acceptors (Lipinski definition) is 9. The van der Waals surface area contributed by atoms with Crippen LogP contribution in [0.25, 0.3) is 11.1 Å². The molecule has 3 rings (SSSR count). The molecule has 9 N–H and O–H groups in total. The van der Waals surface area contributed by atoms with E-state index in [9.17, 15) is 34.8 Å². The van der Waals surface area contributed by atoms with Crippen molar-refractivity contribution in [3.8, 4) is 11.1 Å². The maximum atomic E-state index is 13.0. The Morgan fingerprint density at radius 2 is 1.50 bits per heavy atom. The summed E-state index contributed by atoms with van der Waals surface area (Å²) in [7, 11) is 0. The number of rotatable bonds is 6. The largest absolute Gasteiger partial charge is 0.398 e. The Bertz CT molecular complexity index is 1230. The minimum atomic E-state index is -1.68. The number of anilines is 3. The fraction of sp³-hybridized carbons (Fsp3) is 0.348. The van der Waals surface area contributed by atoms with Gasteiger partial charge in [0.05, 0.1) is 27.1 Å².